The number of rotatable bonds is 7. The summed E-state index contributed by atoms with van der Waals surface area (Å²) in [6.07, 6.45) is 0.960. The summed E-state index contributed by atoms with van der Waals surface area (Å²) in [6.45, 7) is 0.294. The second-order valence-corrected chi connectivity index (χ2v) is 11.0. The summed E-state index contributed by atoms with van der Waals surface area (Å²) < 4.78 is 58.2. The maximum absolute atomic E-state index is 13.4. The molecule has 1 atom stereocenters. The summed E-state index contributed by atoms with van der Waals surface area (Å²) >= 11 is 0. The predicted octanol–water partition coefficient (Wildman–Crippen LogP) is 2.68. The third kappa shape index (κ3) is 4.99. The van der Waals surface area contributed by atoms with Gasteiger partial charge in [-0.2, -0.15) is 0 Å². The molecule has 0 spiro atoms. The number of carbonyl (C=O) groups excluding carboxylic acids is 1. The molecule has 2 aliphatic rings. The van der Waals surface area contributed by atoms with Gasteiger partial charge in [0.25, 0.3) is 0 Å². The van der Waals surface area contributed by atoms with Crippen LogP contribution in [-0.4, -0.2) is 54.1 Å². The lowest BCUT2D eigenvalue weighted by Gasteiger charge is -2.22. The minimum absolute atomic E-state index is 0.0222. The number of aryl methyl sites for hydroxylation is 1. The van der Waals surface area contributed by atoms with Gasteiger partial charge in [0.15, 0.2) is 11.5 Å². The van der Waals surface area contributed by atoms with Crippen molar-refractivity contribution in [3.63, 3.8) is 0 Å². The van der Waals surface area contributed by atoms with Gasteiger partial charge in [0.05, 0.1) is 11.1 Å². The molecule has 3 heterocycles. The van der Waals surface area contributed by atoms with Gasteiger partial charge in [0.2, 0.25) is 5.91 Å². The molecule has 0 radical (unpaired) electrons. The Morgan fingerprint density at radius 1 is 1.26 bits per heavy atom. The van der Waals surface area contributed by atoms with Crippen LogP contribution in [-0.2, 0) is 27.5 Å². The zero-order valence-corrected chi connectivity index (χ0v) is 19.5. The summed E-state index contributed by atoms with van der Waals surface area (Å²) in [4.78, 5) is 24.7. The van der Waals surface area contributed by atoms with Crippen molar-refractivity contribution in [1.82, 2.24) is 20.3 Å². The van der Waals surface area contributed by atoms with Crippen molar-refractivity contribution >= 4 is 38.3 Å². The number of halogens is 2. The smallest absolute Gasteiger partial charge is 0.395 e. The molecule has 0 bridgehead atoms. The minimum Gasteiger partial charge on any atom is -0.395 e. The molecule has 0 saturated carbocycles. The lowest BCUT2D eigenvalue weighted by molar-refractivity contribution is -0.286. The molecule has 35 heavy (non-hydrogen) atoms. The highest BCUT2D eigenvalue weighted by atomic mass is 32.2. The molecule has 186 valence electrons. The fourth-order valence-electron chi connectivity index (χ4n) is 4.41. The zero-order valence-electron chi connectivity index (χ0n) is 18.7. The monoisotopic (exact) mass is 507 g/mol. The number of carbonyl (C=O) groups is 1. The fraction of sp³-hybridized carbons (Fsp3) is 0.409. The van der Waals surface area contributed by atoms with Crippen LogP contribution in [0.3, 0.4) is 0 Å². The van der Waals surface area contributed by atoms with Crippen molar-refractivity contribution in [2.24, 2.45) is 5.92 Å². The first-order valence-corrected chi connectivity index (χ1v) is 13.1. The summed E-state index contributed by atoms with van der Waals surface area (Å²) in [5.74, 6) is -0.0599. The van der Waals surface area contributed by atoms with Gasteiger partial charge in [-0.05, 0) is 43.4 Å². The number of sulfone groups is 1. The van der Waals surface area contributed by atoms with E-state index in [4.69, 9.17) is 0 Å². The highest BCUT2D eigenvalue weighted by Gasteiger charge is 2.43. The van der Waals surface area contributed by atoms with Crippen LogP contribution in [0.25, 0.3) is 11.0 Å². The SMILES string of the molecule is CS(=O)(=O)CCCNC(=O)C1CCc2[nH]c3ncnc(Nc4ccc5c(c4)OC(F)(F)O5)c3c2C1. The minimum atomic E-state index is -3.71. The average Bonchev–Trinajstić information content (AvgIpc) is 3.31. The Morgan fingerprint density at radius 3 is 2.86 bits per heavy atom. The largest absolute Gasteiger partial charge is 0.586 e. The van der Waals surface area contributed by atoms with Gasteiger partial charge in [-0.25, -0.2) is 18.4 Å². The Labute approximate surface area is 199 Å². The van der Waals surface area contributed by atoms with Crippen molar-refractivity contribution in [2.45, 2.75) is 32.0 Å². The first-order valence-electron chi connectivity index (χ1n) is 11.0. The molecule has 1 unspecified atom stereocenters. The van der Waals surface area contributed by atoms with Crippen LogP contribution in [0, 0.1) is 5.92 Å². The number of fused-ring (bicyclic) bond motifs is 4. The van der Waals surface area contributed by atoms with Crippen LogP contribution in [0.4, 0.5) is 20.3 Å². The van der Waals surface area contributed by atoms with Gasteiger partial charge in [0, 0.05) is 36.2 Å². The van der Waals surface area contributed by atoms with Crippen molar-refractivity contribution in [1.29, 1.82) is 0 Å². The number of hydrogen-bond donors (Lipinski definition) is 3. The number of nitrogens with zero attached hydrogens (tertiary/aromatic N) is 2. The van der Waals surface area contributed by atoms with E-state index in [0.717, 1.165) is 16.6 Å². The van der Waals surface area contributed by atoms with E-state index in [0.29, 0.717) is 49.4 Å². The predicted molar refractivity (Wildman–Crippen MR) is 123 cm³/mol. The number of benzene rings is 1. The second kappa shape index (κ2) is 8.63. The van der Waals surface area contributed by atoms with E-state index in [2.05, 4.69) is 35.1 Å². The molecule has 0 saturated heterocycles. The van der Waals surface area contributed by atoms with E-state index >= 15 is 0 Å². The molecule has 2 aromatic heterocycles. The number of hydrogen-bond acceptors (Lipinski definition) is 8. The topological polar surface area (TPSA) is 135 Å². The second-order valence-electron chi connectivity index (χ2n) is 8.70. The molecule has 3 aromatic rings. The summed E-state index contributed by atoms with van der Waals surface area (Å²) in [5, 5.41) is 6.69. The number of ether oxygens (including phenoxy) is 2. The highest BCUT2D eigenvalue weighted by Crippen LogP contribution is 2.43. The maximum atomic E-state index is 13.4. The van der Waals surface area contributed by atoms with Crippen molar-refractivity contribution in [3.8, 4) is 11.5 Å². The molecule has 10 nitrogen and oxygen atoms in total. The fourth-order valence-corrected chi connectivity index (χ4v) is 5.08. The molecular formula is C22H23F2N5O5S. The van der Waals surface area contributed by atoms with Gasteiger partial charge in [-0.15, -0.1) is 8.78 Å². The molecule has 1 aliphatic carbocycles. The highest BCUT2D eigenvalue weighted by molar-refractivity contribution is 7.90. The first kappa shape index (κ1) is 23.3. The zero-order chi connectivity index (χ0) is 24.8. The Kier molecular flexibility index (Phi) is 5.74. The van der Waals surface area contributed by atoms with Crippen molar-refractivity contribution < 1.29 is 31.5 Å². The molecule has 1 aromatic carbocycles. The molecule has 3 N–H and O–H groups in total. The molecule has 1 amide bonds. The van der Waals surface area contributed by atoms with Gasteiger partial charge in [0.1, 0.15) is 27.6 Å². The summed E-state index contributed by atoms with van der Waals surface area (Å²) in [6, 6.07) is 4.35. The van der Waals surface area contributed by atoms with Crippen LogP contribution in [0.15, 0.2) is 24.5 Å². The van der Waals surface area contributed by atoms with Gasteiger partial charge < -0.3 is 25.1 Å². The number of amides is 1. The van der Waals surface area contributed by atoms with E-state index in [1.165, 1.54) is 24.7 Å². The lowest BCUT2D eigenvalue weighted by atomic mass is 9.86. The van der Waals surface area contributed by atoms with Crippen molar-refractivity contribution in [3.05, 3.63) is 35.8 Å². The number of nitrogens with one attached hydrogen (secondary N) is 3. The van der Waals surface area contributed by atoms with Crippen LogP contribution >= 0.6 is 0 Å². The molecule has 13 heteroatoms. The van der Waals surface area contributed by atoms with E-state index < -0.39 is 16.1 Å². The quantitative estimate of drug-likeness (QED) is 0.416. The average molecular weight is 508 g/mol. The van der Waals surface area contributed by atoms with E-state index in [9.17, 15) is 22.0 Å². The summed E-state index contributed by atoms with van der Waals surface area (Å²) in [5.41, 5.74) is 2.96. The standard InChI is InChI=1S/C22H23F2N5O5S/c1-35(31,32)8-2-7-25-21(30)12-3-5-15-14(9-12)18-19(26-11-27-20(18)29-15)28-13-4-6-16-17(10-13)34-22(23,24)33-16/h4,6,10-12H,2-3,5,7-9H2,1H3,(H,25,30)(H2,26,27,28,29). The number of aromatic nitrogens is 3. The maximum Gasteiger partial charge on any atom is 0.586 e. The van der Waals surface area contributed by atoms with Crippen LogP contribution in [0.2, 0.25) is 0 Å². The van der Waals surface area contributed by atoms with Crippen LogP contribution < -0.4 is 20.1 Å². The first-order chi connectivity index (χ1) is 16.6. The van der Waals surface area contributed by atoms with E-state index in [1.807, 2.05) is 0 Å². The molecular weight excluding hydrogens is 484 g/mol. The number of anilines is 2. The van der Waals surface area contributed by atoms with Crippen LogP contribution in [0.5, 0.6) is 11.5 Å². The number of aromatic amines is 1. The normalized spacial score (nSPS) is 18.3. The van der Waals surface area contributed by atoms with Gasteiger partial charge in [-0.3, -0.25) is 4.79 Å². The molecule has 1 aliphatic heterocycles. The van der Waals surface area contributed by atoms with Gasteiger partial charge >= 0.3 is 6.29 Å². The Balaban J connectivity index is 1.34. The number of alkyl halides is 2. The Bertz CT molecular complexity index is 1410. The third-order valence-electron chi connectivity index (χ3n) is 6.00. The summed E-state index contributed by atoms with van der Waals surface area (Å²) in [7, 11) is -3.07. The van der Waals surface area contributed by atoms with Gasteiger partial charge in [-0.1, -0.05) is 0 Å². The van der Waals surface area contributed by atoms with E-state index in [1.54, 1.807) is 6.07 Å². The van der Waals surface area contributed by atoms with Crippen molar-refractivity contribution in [2.75, 3.05) is 23.9 Å². The molecule has 5 rings (SSSR count). The molecule has 0 fully saturated rings. The number of H-pyrrole nitrogens is 1. The van der Waals surface area contributed by atoms with E-state index in [-0.39, 0.29) is 29.1 Å². The third-order valence-corrected chi connectivity index (χ3v) is 7.03. The lowest BCUT2D eigenvalue weighted by Crippen LogP contribution is -2.35. The Hall–Kier alpha value is -3.48. The Morgan fingerprint density at radius 2 is 2.06 bits per heavy atom. The van der Waals surface area contributed by atoms with Crippen LogP contribution in [0.1, 0.15) is 24.1 Å².